The number of anilines is 2. The van der Waals surface area contributed by atoms with Gasteiger partial charge < -0.3 is 15.6 Å². The molecule has 0 radical (unpaired) electrons. The van der Waals surface area contributed by atoms with Gasteiger partial charge in [-0.2, -0.15) is 5.10 Å². The largest absolute Gasteiger partial charge is 0.383 e. The Bertz CT molecular complexity index is 1360. The molecule has 5 rings (SSSR count). The Hall–Kier alpha value is -3.46. The molecule has 10 heteroatoms. The summed E-state index contributed by atoms with van der Waals surface area (Å²) in [5.41, 5.74) is 7.45. The molecule has 0 spiro atoms. The van der Waals surface area contributed by atoms with Gasteiger partial charge in [0.05, 0.1) is 16.5 Å². The number of nitrogens with zero attached hydrogens (tertiary/aromatic N) is 6. The number of aryl methyl sites for hydroxylation is 1. The molecule has 4 aromatic rings. The van der Waals surface area contributed by atoms with E-state index in [9.17, 15) is 4.79 Å². The van der Waals surface area contributed by atoms with Crippen molar-refractivity contribution in [3.8, 4) is 11.4 Å². The van der Waals surface area contributed by atoms with Crippen molar-refractivity contribution in [1.82, 2.24) is 29.3 Å². The highest BCUT2D eigenvalue weighted by Crippen LogP contribution is 2.38. The summed E-state index contributed by atoms with van der Waals surface area (Å²) in [6.07, 6.45) is 4.93. The third-order valence-corrected chi connectivity index (χ3v) is 5.78. The molecular formula is C21H21ClN8O. The predicted molar refractivity (Wildman–Crippen MR) is 120 cm³/mol. The molecular weight excluding hydrogens is 416 g/mol. The zero-order valence-electron chi connectivity index (χ0n) is 17.1. The van der Waals surface area contributed by atoms with E-state index in [4.69, 9.17) is 17.3 Å². The van der Waals surface area contributed by atoms with Gasteiger partial charge in [0.25, 0.3) is 5.56 Å². The molecule has 0 saturated heterocycles. The Labute approximate surface area is 182 Å². The lowest BCUT2D eigenvalue weighted by Gasteiger charge is -2.22. The normalized spacial score (nSPS) is 14.7. The van der Waals surface area contributed by atoms with Gasteiger partial charge >= 0.3 is 0 Å². The Morgan fingerprint density at radius 2 is 2.06 bits per heavy atom. The zero-order valence-corrected chi connectivity index (χ0v) is 17.8. The van der Waals surface area contributed by atoms with E-state index in [1.807, 2.05) is 29.7 Å². The minimum absolute atomic E-state index is 0.0666. The number of nitrogen functional groups attached to an aromatic ring is 1. The van der Waals surface area contributed by atoms with E-state index in [2.05, 4.69) is 25.4 Å². The number of hydrogen-bond donors (Lipinski definition) is 2. The second kappa shape index (κ2) is 7.35. The SMILES string of the molecule is CC(Nc1ncnc(N)c1-c1ncn(C)n1)c1cc2cccc(Cl)c2c(=O)n1C1CC1. The van der Waals surface area contributed by atoms with Crippen molar-refractivity contribution in [2.45, 2.75) is 31.8 Å². The summed E-state index contributed by atoms with van der Waals surface area (Å²) >= 11 is 6.35. The fraction of sp³-hybridized carbons (Fsp3) is 0.286. The van der Waals surface area contributed by atoms with Crippen molar-refractivity contribution < 1.29 is 0 Å². The molecule has 1 saturated carbocycles. The number of pyridine rings is 1. The van der Waals surface area contributed by atoms with E-state index >= 15 is 0 Å². The zero-order chi connectivity index (χ0) is 21.7. The van der Waals surface area contributed by atoms with Crippen LogP contribution in [0.5, 0.6) is 0 Å². The van der Waals surface area contributed by atoms with Crippen molar-refractivity contribution >= 4 is 34.0 Å². The van der Waals surface area contributed by atoms with E-state index in [0.717, 1.165) is 23.9 Å². The highest BCUT2D eigenvalue weighted by atomic mass is 35.5. The van der Waals surface area contributed by atoms with Crippen LogP contribution in [0.2, 0.25) is 5.02 Å². The maximum atomic E-state index is 13.3. The number of nitrogens with one attached hydrogen (secondary N) is 1. The van der Waals surface area contributed by atoms with Crippen LogP contribution in [0.15, 0.2) is 41.7 Å². The minimum atomic E-state index is -0.242. The van der Waals surface area contributed by atoms with E-state index in [0.29, 0.717) is 27.6 Å². The van der Waals surface area contributed by atoms with Gasteiger partial charge in [-0.15, -0.1) is 0 Å². The predicted octanol–water partition coefficient (Wildman–Crippen LogP) is 3.33. The van der Waals surface area contributed by atoms with Crippen LogP contribution in [-0.4, -0.2) is 29.3 Å². The quantitative estimate of drug-likeness (QED) is 0.492. The summed E-state index contributed by atoms with van der Waals surface area (Å²) in [7, 11) is 1.78. The molecule has 0 amide bonds. The molecule has 1 fully saturated rings. The van der Waals surface area contributed by atoms with Gasteiger partial charge in [-0.3, -0.25) is 9.48 Å². The van der Waals surface area contributed by atoms with Crippen LogP contribution in [0.4, 0.5) is 11.6 Å². The van der Waals surface area contributed by atoms with Gasteiger partial charge in [-0.05, 0) is 37.3 Å². The average Bonchev–Trinajstić information content (AvgIpc) is 3.48. The van der Waals surface area contributed by atoms with Crippen LogP contribution >= 0.6 is 11.6 Å². The first-order valence-electron chi connectivity index (χ1n) is 10.0. The lowest BCUT2D eigenvalue weighted by Crippen LogP contribution is -2.26. The van der Waals surface area contributed by atoms with Crippen LogP contribution in [0.1, 0.15) is 37.5 Å². The first-order chi connectivity index (χ1) is 14.9. The van der Waals surface area contributed by atoms with Gasteiger partial charge in [-0.25, -0.2) is 15.0 Å². The molecule has 1 aliphatic carbocycles. The fourth-order valence-electron chi connectivity index (χ4n) is 3.86. The monoisotopic (exact) mass is 436 g/mol. The minimum Gasteiger partial charge on any atom is -0.383 e. The highest BCUT2D eigenvalue weighted by molar-refractivity contribution is 6.35. The summed E-state index contributed by atoms with van der Waals surface area (Å²) in [6, 6.07) is 7.46. The van der Waals surface area contributed by atoms with Crippen LogP contribution in [-0.2, 0) is 7.05 Å². The van der Waals surface area contributed by atoms with Crippen molar-refractivity contribution in [2.24, 2.45) is 7.05 Å². The summed E-state index contributed by atoms with van der Waals surface area (Å²) in [6.45, 7) is 1.98. The van der Waals surface area contributed by atoms with Crippen LogP contribution in [0.3, 0.4) is 0 Å². The maximum absolute atomic E-state index is 13.3. The number of benzene rings is 1. The van der Waals surface area contributed by atoms with Gasteiger partial charge in [0.2, 0.25) is 0 Å². The number of nitrogens with two attached hydrogens (primary N) is 1. The van der Waals surface area contributed by atoms with E-state index in [-0.39, 0.29) is 23.5 Å². The van der Waals surface area contributed by atoms with Gasteiger partial charge in [0.1, 0.15) is 29.9 Å². The number of halogens is 1. The molecule has 31 heavy (non-hydrogen) atoms. The highest BCUT2D eigenvalue weighted by Gasteiger charge is 2.30. The molecule has 0 aliphatic heterocycles. The summed E-state index contributed by atoms with van der Waals surface area (Å²) in [4.78, 5) is 26.1. The van der Waals surface area contributed by atoms with Gasteiger partial charge in [-0.1, -0.05) is 23.7 Å². The molecule has 9 nitrogen and oxygen atoms in total. The molecule has 0 bridgehead atoms. The lowest BCUT2D eigenvalue weighted by atomic mass is 10.1. The topological polar surface area (TPSA) is 117 Å². The molecule has 3 aromatic heterocycles. The molecule has 1 unspecified atom stereocenters. The van der Waals surface area contributed by atoms with E-state index in [1.165, 1.54) is 6.33 Å². The average molecular weight is 437 g/mol. The van der Waals surface area contributed by atoms with Crippen LogP contribution in [0, 0.1) is 0 Å². The smallest absolute Gasteiger partial charge is 0.260 e. The fourth-order valence-corrected chi connectivity index (χ4v) is 4.12. The Morgan fingerprint density at radius 3 is 2.77 bits per heavy atom. The number of rotatable bonds is 5. The summed E-state index contributed by atoms with van der Waals surface area (Å²) in [5, 5.41) is 9.56. The summed E-state index contributed by atoms with van der Waals surface area (Å²) < 4.78 is 3.45. The second-order valence-electron chi connectivity index (χ2n) is 7.77. The Morgan fingerprint density at radius 1 is 1.26 bits per heavy atom. The van der Waals surface area contributed by atoms with Gasteiger partial charge in [0, 0.05) is 18.8 Å². The third-order valence-electron chi connectivity index (χ3n) is 5.47. The lowest BCUT2D eigenvalue weighted by molar-refractivity contribution is 0.636. The molecule has 3 heterocycles. The molecule has 1 aliphatic rings. The Balaban J connectivity index is 1.61. The van der Waals surface area contributed by atoms with Crippen molar-refractivity contribution in [3.63, 3.8) is 0 Å². The molecule has 1 atom stereocenters. The second-order valence-corrected chi connectivity index (χ2v) is 8.18. The van der Waals surface area contributed by atoms with E-state index in [1.54, 1.807) is 24.1 Å². The van der Waals surface area contributed by atoms with E-state index < -0.39 is 0 Å². The van der Waals surface area contributed by atoms with Crippen molar-refractivity contribution in [1.29, 1.82) is 0 Å². The number of fused-ring (bicyclic) bond motifs is 1. The van der Waals surface area contributed by atoms with Crippen LogP contribution < -0.4 is 16.6 Å². The molecule has 158 valence electrons. The Kier molecular flexibility index (Phi) is 4.62. The number of aromatic nitrogens is 6. The van der Waals surface area contributed by atoms with Gasteiger partial charge in [0.15, 0.2) is 5.82 Å². The standard InChI is InChI=1S/C21H21ClN8O/c1-11(27-19-17(18(23)24-9-25-19)20-26-10-29(2)28-20)15-8-12-4-3-5-14(22)16(12)21(31)30(15)13-6-7-13/h3-5,8-11,13H,6-7H2,1-2H3,(H3,23,24,25,27). The van der Waals surface area contributed by atoms with Crippen molar-refractivity contribution in [2.75, 3.05) is 11.1 Å². The third kappa shape index (κ3) is 3.40. The first-order valence-corrected chi connectivity index (χ1v) is 10.4. The number of hydrogen-bond acceptors (Lipinski definition) is 7. The molecule has 1 aromatic carbocycles. The van der Waals surface area contributed by atoms with Crippen molar-refractivity contribution in [3.05, 3.63) is 58.0 Å². The van der Waals surface area contributed by atoms with Crippen LogP contribution in [0.25, 0.3) is 22.2 Å². The summed E-state index contributed by atoms with van der Waals surface area (Å²) in [5.74, 6) is 1.22. The maximum Gasteiger partial charge on any atom is 0.260 e. The molecule has 3 N–H and O–H groups in total. The first kappa shape index (κ1) is 19.5.